The van der Waals surface area contributed by atoms with Crippen molar-refractivity contribution in [1.29, 1.82) is 0 Å². The van der Waals surface area contributed by atoms with Crippen LogP contribution in [-0.4, -0.2) is 41.7 Å². The monoisotopic (exact) mass is 375 g/mol. The maximum Gasteiger partial charge on any atom is 0.407 e. The second kappa shape index (κ2) is 12.3. The molecule has 27 heavy (non-hydrogen) atoms. The number of benzene rings is 1. The fraction of sp³-hybridized carbons (Fsp3) is 0.421. The van der Waals surface area contributed by atoms with Crippen molar-refractivity contribution < 1.29 is 24.2 Å². The lowest BCUT2D eigenvalue weighted by atomic mass is 10.1. The zero-order valence-electron chi connectivity index (χ0n) is 15.0. The number of terminal acetylenes is 1. The van der Waals surface area contributed by atoms with Crippen LogP contribution in [0.3, 0.4) is 0 Å². The molecule has 0 aliphatic carbocycles. The van der Waals surface area contributed by atoms with Gasteiger partial charge in [0.15, 0.2) is 0 Å². The lowest BCUT2D eigenvalue weighted by molar-refractivity contribution is -0.128. The third kappa shape index (κ3) is 9.87. The van der Waals surface area contributed by atoms with E-state index in [0.717, 1.165) is 5.56 Å². The van der Waals surface area contributed by atoms with E-state index in [9.17, 15) is 19.5 Å². The Hall–Kier alpha value is -3.05. The molecule has 0 radical (unpaired) electrons. The quantitative estimate of drug-likeness (QED) is 0.329. The van der Waals surface area contributed by atoms with Crippen molar-refractivity contribution in [3.05, 3.63) is 35.9 Å². The Kier molecular flexibility index (Phi) is 10.0. The summed E-state index contributed by atoms with van der Waals surface area (Å²) in [5, 5.41) is 14.7. The van der Waals surface area contributed by atoms with Crippen LogP contribution in [0.25, 0.3) is 0 Å². The number of nitrogens with one attached hydrogen (secondary N) is 2. The molecular formula is C19H25N3O5. The first kappa shape index (κ1) is 22.0. The maximum absolute atomic E-state index is 11.9. The van der Waals surface area contributed by atoms with Crippen LogP contribution in [0.1, 0.15) is 31.2 Å². The summed E-state index contributed by atoms with van der Waals surface area (Å²) in [7, 11) is 0. The van der Waals surface area contributed by atoms with E-state index in [0.29, 0.717) is 19.3 Å². The molecule has 0 heterocycles. The smallest absolute Gasteiger partial charge is 0.407 e. The molecule has 1 rings (SSSR count). The predicted molar refractivity (Wildman–Crippen MR) is 99.1 cm³/mol. The Morgan fingerprint density at radius 1 is 1.26 bits per heavy atom. The SMILES string of the molecule is C#CCCC[C@@H](NC(=O)C[C@H](O)CNC(=O)OCc1ccccc1)C(N)=O. The van der Waals surface area contributed by atoms with Crippen LogP contribution in [0.2, 0.25) is 0 Å². The van der Waals surface area contributed by atoms with Crippen molar-refractivity contribution in [2.75, 3.05) is 6.54 Å². The van der Waals surface area contributed by atoms with Crippen LogP contribution in [0.15, 0.2) is 30.3 Å². The Balaban J connectivity index is 2.28. The molecule has 0 bridgehead atoms. The predicted octanol–water partition coefficient (Wildman–Crippen LogP) is 0.437. The second-order valence-electron chi connectivity index (χ2n) is 5.92. The van der Waals surface area contributed by atoms with E-state index in [4.69, 9.17) is 16.9 Å². The highest BCUT2D eigenvalue weighted by Gasteiger charge is 2.19. The van der Waals surface area contributed by atoms with Gasteiger partial charge >= 0.3 is 6.09 Å². The van der Waals surface area contributed by atoms with Gasteiger partial charge in [-0.2, -0.15) is 0 Å². The van der Waals surface area contributed by atoms with Gasteiger partial charge in [-0.25, -0.2) is 4.79 Å². The summed E-state index contributed by atoms with van der Waals surface area (Å²) in [6, 6.07) is 8.27. The molecule has 1 aromatic carbocycles. The number of hydrogen-bond donors (Lipinski definition) is 4. The molecule has 0 aromatic heterocycles. The summed E-state index contributed by atoms with van der Waals surface area (Å²) in [5.41, 5.74) is 6.07. The van der Waals surface area contributed by atoms with Gasteiger partial charge in [-0.3, -0.25) is 9.59 Å². The van der Waals surface area contributed by atoms with Crippen LogP contribution in [0.4, 0.5) is 4.79 Å². The third-order valence-corrected chi connectivity index (χ3v) is 3.61. The van der Waals surface area contributed by atoms with Gasteiger partial charge in [0.1, 0.15) is 12.6 Å². The number of alkyl carbamates (subject to hydrolysis) is 1. The lowest BCUT2D eigenvalue weighted by Crippen LogP contribution is -2.46. The normalized spacial score (nSPS) is 12.3. The molecule has 0 fully saturated rings. The van der Waals surface area contributed by atoms with Gasteiger partial charge < -0.3 is 26.2 Å². The first-order valence-corrected chi connectivity index (χ1v) is 8.57. The molecule has 0 unspecified atom stereocenters. The average Bonchev–Trinajstić information content (AvgIpc) is 2.64. The molecule has 0 saturated carbocycles. The first-order valence-electron chi connectivity index (χ1n) is 8.57. The zero-order valence-corrected chi connectivity index (χ0v) is 15.0. The number of primary amides is 1. The second-order valence-corrected chi connectivity index (χ2v) is 5.92. The van der Waals surface area contributed by atoms with Gasteiger partial charge in [0.25, 0.3) is 0 Å². The number of ether oxygens (including phenoxy) is 1. The number of aliphatic hydroxyl groups is 1. The van der Waals surface area contributed by atoms with Gasteiger partial charge in [0, 0.05) is 13.0 Å². The van der Waals surface area contributed by atoms with Gasteiger partial charge in [0.2, 0.25) is 11.8 Å². The van der Waals surface area contributed by atoms with E-state index >= 15 is 0 Å². The molecule has 2 atom stereocenters. The number of aliphatic hydroxyl groups excluding tert-OH is 1. The Bertz CT molecular complexity index is 657. The van der Waals surface area contributed by atoms with Crippen LogP contribution in [0, 0.1) is 12.3 Å². The summed E-state index contributed by atoms with van der Waals surface area (Å²) in [6.45, 7) is -0.0689. The Morgan fingerprint density at radius 3 is 2.59 bits per heavy atom. The van der Waals surface area contributed by atoms with Crippen LogP contribution in [0.5, 0.6) is 0 Å². The van der Waals surface area contributed by atoms with E-state index in [1.165, 1.54) is 0 Å². The highest BCUT2D eigenvalue weighted by Crippen LogP contribution is 2.02. The number of unbranched alkanes of at least 4 members (excludes halogenated alkanes) is 1. The largest absolute Gasteiger partial charge is 0.445 e. The number of nitrogens with two attached hydrogens (primary N) is 1. The molecule has 0 aliphatic heterocycles. The van der Waals surface area contributed by atoms with Gasteiger partial charge in [0.05, 0.1) is 12.5 Å². The van der Waals surface area contributed by atoms with Crippen molar-refractivity contribution in [2.45, 2.75) is 44.4 Å². The van der Waals surface area contributed by atoms with Crippen LogP contribution in [-0.2, 0) is 20.9 Å². The maximum atomic E-state index is 11.9. The summed E-state index contributed by atoms with van der Waals surface area (Å²) < 4.78 is 5.00. The highest BCUT2D eigenvalue weighted by molar-refractivity contribution is 5.86. The molecule has 5 N–H and O–H groups in total. The molecule has 3 amide bonds. The van der Waals surface area contributed by atoms with Crippen LogP contribution < -0.4 is 16.4 Å². The summed E-state index contributed by atoms with van der Waals surface area (Å²) in [4.78, 5) is 34.8. The Morgan fingerprint density at radius 2 is 1.96 bits per heavy atom. The lowest BCUT2D eigenvalue weighted by Gasteiger charge is -2.17. The minimum atomic E-state index is -1.13. The first-order chi connectivity index (χ1) is 12.9. The molecule has 8 heteroatoms. The zero-order chi connectivity index (χ0) is 20.1. The molecule has 8 nitrogen and oxygen atoms in total. The fourth-order valence-electron chi connectivity index (χ4n) is 2.21. The third-order valence-electron chi connectivity index (χ3n) is 3.61. The van der Waals surface area contributed by atoms with E-state index in [-0.39, 0.29) is 19.6 Å². The number of carbonyl (C=O) groups is 3. The average molecular weight is 375 g/mol. The number of hydrogen-bond acceptors (Lipinski definition) is 5. The van der Waals surface area contributed by atoms with Gasteiger partial charge in [-0.15, -0.1) is 12.3 Å². The van der Waals surface area contributed by atoms with Crippen molar-refractivity contribution in [2.24, 2.45) is 5.73 Å². The highest BCUT2D eigenvalue weighted by atomic mass is 16.5. The Labute approximate surface area is 158 Å². The van der Waals surface area contributed by atoms with Crippen molar-refractivity contribution in [1.82, 2.24) is 10.6 Å². The number of rotatable bonds is 11. The topological polar surface area (TPSA) is 131 Å². The molecule has 0 spiro atoms. The van der Waals surface area contributed by atoms with Crippen molar-refractivity contribution >= 4 is 17.9 Å². The summed E-state index contributed by atoms with van der Waals surface area (Å²) >= 11 is 0. The van der Waals surface area contributed by atoms with Crippen molar-refractivity contribution in [3.63, 3.8) is 0 Å². The standard InChI is InChI=1S/C19H25N3O5/c1-2-3-5-10-16(18(20)25)22-17(24)11-15(23)12-21-19(26)27-13-14-8-6-4-7-9-14/h1,4,6-9,15-16,23H,3,5,10-13H2,(H2,20,25)(H,21,26)(H,22,24)/t15-,16+/m0/s1. The van der Waals surface area contributed by atoms with E-state index in [1.807, 2.05) is 30.3 Å². The van der Waals surface area contributed by atoms with Gasteiger partial charge in [-0.1, -0.05) is 30.3 Å². The van der Waals surface area contributed by atoms with Gasteiger partial charge in [-0.05, 0) is 18.4 Å². The summed E-state index contributed by atoms with van der Waals surface area (Å²) in [6.07, 6.45) is 4.35. The molecular weight excluding hydrogens is 350 g/mol. The summed E-state index contributed by atoms with van der Waals surface area (Å²) in [5.74, 6) is 1.22. The van der Waals surface area contributed by atoms with Crippen molar-refractivity contribution in [3.8, 4) is 12.3 Å². The molecule has 146 valence electrons. The van der Waals surface area contributed by atoms with E-state index in [2.05, 4.69) is 16.6 Å². The number of amides is 3. The minimum Gasteiger partial charge on any atom is -0.445 e. The number of carbonyl (C=O) groups excluding carboxylic acids is 3. The molecule has 1 aromatic rings. The molecule has 0 saturated heterocycles. The molecule has 0 aliphatic rings. The van der Waals surface area contributed by atoms with Crippen LogP contribution >= 0.6 is 0 Å². The minimum absolute atomic E-state index is 0.0984. The van der Waals surface area contributed by atoms with E-state index < -0.39 is 30.1 Å². The van der Waals surface area contributed by atoms with E-state index in [1.54, 1.807) is 0 Å². The fourth-order valence-corrected chi connectivity index (χ4v) is 2.21.